The number of halogens is 2. The molecule has 0 atom stereocenters. The molecule has 0 saturated heterocycles. The number of hydrogen-bond acceptors (Lipinski definition) is 3. The summed E-state index contributed by atoms with van der Waals surface area (Å²) in [6.45, 7) is 3.92. The van der Waals surface area contributed by atoms with Gasteiger partial charge in [-0.3, -0.25) is 9.79 Å². The number of pyridine rings is 1. The van der Waals surface area contributed by atoms with E-state index in [1.165, 1.54) is 12.1 Å². The smallest absolute Gasteiger partial charge is 0.184 e. The zero-order valence-corrected chi connectivity index (χ0v) is 15.8. The standard InChI is InChI=1S/C23H24F2N2O/c1-26-13-18-9-10-19(15-4-5-15)22(27-18)23(28)16-6-2-14(3-7-16)17-8-11-20(24)21(25)12-17/h8-12,14-16H,1-7,13H2. The van der Waals surface area contributed by atoms with Gasteiger partial charge in [0.15, 0.2) is 17.4 Å². The zero-order valence-electron chi connectivity index (χ0n) is 15.8. The molecule has 0 N–H and O–H groups in total. The summed E-state index contributed by atoms with van der Waals surface area (Å²) in [4.78, 5) is 21.7. The van der Waals surface area contributed by atoms with E-state index in [9.17, 15) is 13.6 Å². The van der Waals surface area contributed by atoms with E-state index < -0.39 is 11.6 Å². The fraction of sp³-hybridized carbons (Fsp3) is 0.435. The van der Waals surface area contributed by atoms with Crippen molar-refractivity contribution in [2.45, 2.75) is 56.9 Å². The number of benzene rings is 1. The van der Waals surface area contributed by atoms with Gasteiger partial charge >= 0.3 is 0 Å². The second-order valence-corrected chi connectivity index (χ2v) is 7.98. The Labute approximate surface area is 163 Å². The van der Waals surface area contributed by atoms with Crippen LogP contribution in [-0.4, -0.2) is 17.5 Å². The second-order valence-electron chi connectivity index (χ2n) is 7.98. The molecule has 2 aromatic rings. The number of hydrogen-bond donors (Lipinski definition) is 0. The Hall–Kier alpha value is -2.43. The normalized spacial score (nSPS) is 22.1. The van der Waals surface area contributed by atoms with Gasteiger partial charge in [0.25, 0.3) is 0 Å². The van der Waals surface area contributed by atoms with Gasteiger partial charge in [-0.25, -0.2) is 13.8 Å². The molecule has 0 bridgehead atoms. The van der Waals surface area contributed by atoms with Gasteiger partial charge in [0.2, 0.25) is 0 Å². The SMILES string of the molecule is C=NCc1ccc(C2CC2)c(C(=O)C2CCC(c3ccc(F)c(F)c3)CC2)n1. The maximum absolute atomic E-state index is 13.5. The highest BCUT2D eigenvalue weighted by Crippen LogP contribution is 2.43. The fourth-order valence-corrected chi connectivity index (χ4v) is 4.28. The maximum atomic E-state index is 13.5. The predicted octanol–water partition coefficient (Wildman–Crippen LogP) is 5.59. The van der Waals surface area contributed by atoms with Crippen LogP contribution in [0.1, 0.15) is 77.7 Å². The monoisotopic (exact) mass is 382 g/mol. The van der Waals surface area contributed by atoms with E-state index in [1.807, 2.05) is 12.1 Å². The Kier molecular flexibility index (Phi) is 5.33. The quantitative estimate of drug-likeness (QED) is 0.482. The Bertz CT molecular complexity index is 899. The third-order valence-corrected chi connectivity index (χ3v) is 6.02. The zero-order chi connectivity index (χ0) is 19.7. The van der Waals surface area contributed by atoms with E-state index in [2.05, 4.69) is 16.7 Å². The lowest BCUT2D eigenvalue weighted by atomic mass is 9.76. The number of Topliss-reactive ketones (excluding diaryl/α,β-unsaturated/α-hetero) is 1. The lowest BCUT2D eigenvalue weighted by Crippen LogP contribution is -2.23. The number of ketones is 1. The molecule has 0 aliphatic heterocycles. The Morgan fingerprint density at radius 3 is 2.36 bits per heavy atom. The van der Waals surface area contributed by atoms with Gasteiger partial charge in [-0.05, 0) is 86.4 Å². The van der Waals surface area contributed by atoms with Crippen LogP contribution in [0.3, 0.4) is 0 Å². The lowest BCUT2D eigenvalue weighted by molar-refractivity contribution is 0.0877. The molecule has 4 rings (SSSR count). The number of carbonyl (C=O) groups is 1. The Balaban J connectivity index is 1.48. The minimum atomic E-state index is -0.819. The molecule has 0 unspecified atom stereocenters. The van der Waals surface area contributed by atoms with Crippen molar-refractivity contribution in [1.29, 1.82) is 0 Å². The summed E-state index contributed by atoms with van der Waals surface area (Å²) in [5.41, 5.74) is 3.28. The van der Waals surface area contributed by atoms with Gasteiger partial charge in [-0.1, -0.05) is 12.1 Å². The third-order valence-electron chi connectivity index (χ3n) is 6.02. The van der Waals surface area contributed by atoms with Crippen LogP contribution in [0, 0.1) is 17.6 Å². The van der Waals surface area contributed by atoms with E-state index in [0.717, 1.165) is 55.3 Å². The minimum absolute atomic E-state index is 0.0570. The van der Waals surface area contributed by atoms with Crippen molar-refractivity contribution >= 4 is 12.5 Å². The molecule has 1 heterocycles. The molecular weight excluding hydrogens is 358 g/mol. The molecule has 3 nitrogen and oxygen atoms in total. The van der Waals surface area contributed by atoms with Crippen molar-refractivity contribution in [3.8, 4) is 0 Å². The average molecular weight is 382 g/mol. The van der Waals surface area contributed by atoms with Crippen LogP contribution >= 0.6 is 0 Å². The summed E-state index contributed by atoms with van der Waals surface area (Å²) in [6.07, 6.45) is 5.33. The molecule has 0 radical (unpaired) electrons. The van der Waals surface area contributed by atoms with Crippen molar-refractivity contribution in [3.63, 3.8) is 0 Å². The van der Waals surface area contributed by atoms with Crippen LogP contribution in [0.15, 0.2) is 35.3 Å². The van der Waals surface area contributed by atoms with Crippen LogP contribution in [0.25, 0.3) is 0 Å². The summed E-state index contributed by atoms with van der Waals surface area (Å²) in [6, 6.07) is 8.11. The number of aliphatic imine (C=N–C) groups is 1. The molecule has 0 spiro atoms. The van der Waals surface area contributed by atoms with E-state index in [4.69, 9.17) is 0 Å². The first-order valence-electron chi connectivity index (χ1n) is 9.98. The minimum Gasteiger partial charge on any atom is -0.295 e. The first-order chi connectivity index (χ1) is 13.6. The summed E-state index contributed by atoms with van der Waals surface area (Å²) in [5.74, 6) is -0.932. The summed E-state index contributed by atoms with van der Waals surface area (Å²) in [5, 5.41) is 0. The van der Waals surface area contributed by atoms with Gasteiger partial charge in [0.1, 0.15) is 5.69 Å². The van der Waals surface area contributed by atoms with Crippen molar-refractivity contribution in [2.75, 3.05) is 0 Å². The van der Waals surface area contributed by atoms with Gasteiger partial charge in [-0.15, -0.1) is 0 Å². The first-order valence-corrected chi connectivity index (χ1v) is 9.98. The molecule has 146 valence electrons. The number of carbonyl (C=O) groups excluding carboxylic acids is 1. The summed E-state index contributed by atoms with van der Waals surface area (Å²) in [7, 11) is 0. The highest BCUT2D eigenvalue weighted by atomic mass is 19.2. The maximum Gasteiger partial charge on any atom is 0.184 e. The lowest BCUT2D eigenvalue weighted by Gasteiger charge is -2.28. The summed E-state index contributed by atoms with van der Waals surface area (Å²) < 4.78 is 26.7. The second kappa shape index (κ2) is 7.90. The number of nitrogens with zero attached hydrogens (tertiary/aromatic N) is 2. The predicted molar refractivity (Wildman–Crippen MR) is 105 cm³/mol. The van der Waals surface area contributed by atoms with Crippen LogP contribution in [-0.2, 0) is 6.54 Å². The van der Waals surface area contributed by atoms with Crippen molar-refractivity contribution in [3.05, 3.63) is 64.5 Å². The first kappa shape index (κ1) is 18.9. The molecule has 2 saturated carbocycles. The van der Waals surface area contributed by atoms with Crippen LogP contribution in [0.2, 0.25) is 0 Å². The topological polar surface area (TPSA) is 42.3 Å². The van der Waals surface area contributed by atoms with E-state index >= 15 is 0 Å². The van der Waals surface area contributed by atoms with Gasteiger partial charge in [0.05, 0.1) is 12.2 Å². The molecule has 0 amide bonds. The molecule has 2 aliphatic carbocycles. The molecular formula is C23H24F2N2O. The number of aromatic nitrogens is 1. The largest absolute Gasteiger partial charge is 0.295 e. The van der Waals surface area contributed by atoms with E-state index in [1.54, 1.807) is 6.07 Å². The molecule has 28 heavy (non-hydrogen) atoms. The van der Waals surface area contributed by atoms with Crippen molar-refractivity contribution in [2.24, 2.45) is 10.9 Å². The molecule has 1 aromatic heterocycles. The van der Waals surface area contributed by atoms with Crippen molar-refractivity contribution in [1.82, 2.24) is 4.98 Å². The summed E-state index contributed by atoms with van der Waals surface area (Å²) >= 11 is 0. The molecule has 1 aromatic carbocycles. The highest BCUT2D eigenvalue weighted by molar-refractivity contribution is 5.97. The number of rotatable bonds is 6. The van der Waals surface area contributed by atoms with E-state index in [-0.39, 0.29) is 17.6 Å². The van der Waals surface area contributed by atoms with E-state index in [0.29, 0.717) is 18.2 Å². The van der Waals surface area contributed by atoms with Gasteiger partial charge in [0, 0.05) is 5.92 Å². The van der Waals surface area contributed by atoms with Crippen LogP contribution in [0.4, 0.5) is 8.78 Å². The Morgan fingerprint density at radius 1 is 1.00 bits per heavy atom. The highest BCUT2D eigenvalue weighted by Gasteiger charge is 2.34. The average Bonchev–Trinajstić information content (AvgIpc) is 3.55. The molecule has 2 aliphatic rings. The fourth-order valence-electron chi connectivity index (χ4n) is 4.28. The Morgan fingerprint density at radius 2 is 1.71 bits per heavy atom. The third kappa shape index (κ3) is 3.89. The van der Waals surface area contributed by atoms with Crippen molar-refractivity contribution < 1.29 is 13.6 Å². The molecule has 2 fully saturated rings. The van der Waals surface area contributed by atoms with Crippen LogP contribution < -0.4 is 0 Å². The molecule has 5 heteroatoms. The van der Waals surface area contributed by atoms with Crippen LogP contribution in [0.5, 0.6) is 0 Å². The van der Waals surface area contributed by atoms with Gasteiger partial charge < -0.3 is 0 Å². The van der Waals surface area contributed by atoms with Gasteiger partial charge in [-0.2, -0.15) is 0 Å².